The molecule has 0 aromatic rings. The van der Waals surface area contributed by atoms with E-state index in [1.807, 2.05) is 0 Å². The van der Waals surface area contributed by atoms with Gasteiger partial charge in [-0.2, -0.15) is 0 Å². The number of aliphatic hydroxyl groups excluding tert-OH is 1. The molecule has 4 aliphatic rings. The third-order valence-electron chi connectivity index (χ3n) is 10.7. The normalized spacial score (nSPS) is 49.4. The summed E-state index contributed by atoms with van der Waals surface area (Å²) in [4.78, 5) is 0. The van der Waals surface area contributed by atoms with Gasteiger partial charge in [0, 0.05) is 0 Å². The first-order valence-corrected chi connectivity index (χ1v) is 13.0. The van der Waals surface area contributed by atoms with Crippen LogP contribution in [0.1, 0.15) is 112 Å². The van der Waals surface area contributed by atoms with E-state index in [4.69, 9.17) is 0 Å². The van der Waals surface area contributed by atoms with Crippen LogP contribution in [0.5, 0.6) is 0 Å². The quantitative estimate of drug-likeness (QED) is 0.518. The van der Waals surface area contributed by atoms with Gasteiger partial charge in [-0.25, -0.2) is 0 Å². The lowest BCUT2D eigenvalue weighted by Crippen LogP contribution is -2.53. The molecule has 9 atom stereocenters. The monoisotopic (exact) mass is 388 g/mol. The second kappa shape index (κ2) is 7.90. The van der Waals surface area contributed by atoms with Gasteiger partial charge >= 0.3 is 0 Å². The van der Waals surface area contributed by atoms with Gasteiger partial charge in [0.2, 0.25) is 0 Å². The molecule has 0 heterocycles. The van der Waals surface area contributed by atoms with Crippen LogP contribution in [0, 0.1) is 52.3 Å². The zero-order valence-corrected chi connectivity index (χ0v) is 19.6. The first-order valence-electron chi connectivity index (χ1n) is 13.0. The molecule has 0 spiro atoms. The van der Waals surface area contributed by atoms with Crippen LogP contribution in [0.15, 0.2) is 0 Å². The topological polar surface area (TPSA) is 20.2 Å². The van der Waals surface area contributed by atoms with Crippen molar-refractivity contribution >= 4 is 0 Å². The summed E-state index contributed by atoms with van der Waals surface area (Å²) < 4.78 is 0. The molecule has 4 fully saturated rings. The summed E-state index contributed by atoms with van der Waals surface area (Å²) in [6.07, 6.45) is 16.8. The van der Waals surface area contributed by atoms with Crippen LogP contribution in [0.3, 0.4) is 0 Å². The van der Waals surface area contributed by atoms with E-state index in [9.17, 15) is 5.11 Å². The molecule has 0 saturated heterocycles. The summed E-state index contributed by atoms with van der Waals surface area (Å²) >= 11 is 0. The lowest BCUT2D eigenvalue weighted by atomic mass is 9.44. The molecule has 4 rings (SSSR count). The van der Waals surface area contributed by atoms with Crippen LogP contribution in [0.4, 0.5) is 0 Å². The second-order valence-corrected chi connectivity index (χ2v) is 12.6. The molecule has 162 valence electrons. The van der Waals surface area contributed by atoms with Crippen molar-refractivity contribution in [3.63, 3.8) is 0 Å². The van der Waals surface area contributed by atoms with Crippen molar-refractivity contribution in [1.29, 1.82) is 0 Å². The van der Waals surface area contributed by atoms with Gasteiger partial charge in [-0.05, 0) is 97.2 Å². The van der Waals surface area contributed by atoms with Gasteiger partial charge in [0.25, 0.3) is 0 Å². The molecule has 1 N–H and O–H groups in total. The van der Waals surface area contributed by atoms with Gasteiger partial charge in [0.05, 0.1) is 6.10 Å². The molecular weight excluding hydrogens is 340 g/mol. The van der Waals surface area contributed by atoms with Crippen LogP contribution < -0.4 is 0 Å². The Morgan fingerprint density at radius 1 is 0.857 bits per heavy atom. The molecule has 1 nitrogen and oxygen atoms in total. The van der Waals surface area contributed by atoms with Crippen LogP contribution in [0.2, 0.25) is 0 Å². The summed E-state index contributed by atoms with van der Waals surface area (Å²) in [6.45, 7) is 12.4. The van der Waals surface area contributed by atoms with Gasteiger partial charge in [0.15, 0.2) is 0 Å². The average molecular weight is 389 g/mol. The van der Waals surface area contributed by atoms with E-state index in [0.717, 1.165) is 36.0 Å². The number of fused-ring (bicyclic) bond motifs is 5. The number of hydrogen-bond acceptors (Lipinski definition) is 1. The van der Waals surface area contributed by atoms with Crippen molar-refractivity contribution in [2.75, 3.05) is 0 Å². The molecule has 28 heavy (non-hydrogen) atoms. The van der Waals surface area contributed by atoms with E-state index in [2.05, 4.69) is 34.6 Å². The van der Waals surface area contributed by atoms with Gasteiger partial charge in [-0.3, -0.25) is 0 Å². The fourth-order valence-electron chi connectivity index (χ4n) is 9.40. The average Bonchev–Trinajstić information content (AvgIpc) is 2.91. The third kappa shape index (κ3) is 3.40. The maximum atomic E-state index is 11.3. The maximum absolute atomic E-state index is 11.3. The van der Waals surface area contributed by atoms with E-state index in [1.54, 1.807) is 0 Å². The van der Waals surface area contributed by atoms with Crippen LogP contribution in [-0.2, 0) is 0 Å². The Morgan fingerprint density at radius 3 is 2.39 bits per heavy atom. The highest BCUT2D eigenvalue weighted by atomic mass is 16.3. The minimum Gasteiger partial charge on any atom is -0.393 e. The Labute approximate surface area is 175 Å². The molecule has 4 aliphatic carbocycles. The minimum atomic E-state index is -0.0420. The summed E-state index contributed by atoms with van der Waals surface area (Å²) in [5.41, 5.74) is 1.02. The van der Waals surface area contributed by atoms with E-state index in [1.165, 1.54) is 70.6 Å². The summed E-state index contributed by atoms with van der Waals surface area (Å²) in [5, 5.41) is 11.3. The van der Waals surface area contributed by atoms with Crippen molar-refractivity contribution in [2.24, 2.45) is 52.3 Å². The van der Waals surface area contributed by atoms with E-state index in [-0.39, 0.29) is 6.10 Å². The van der Waals surface area contributed by atoms with Crippen LogP contribution in [0.25, 0.3) is 0 Å². The Balaban J connectivity index is 1.51. The first-order chi connectivity index (χ1) is 13.3. The Kier molecular flexibility index (Phi) is 5.98. The summed E-state index contributed by atoms with van der Waals surface area (Å²) in [7, 11) is 0. The van der Waals surface area contributed by atoms with Gasteiger partial charge < -0.3 is 5.11 Å². The molecule has 1 unspecified atom stereocenters. The molecule has 0 bridgehead atoms. The van der Waals surface area contributed by atoms with E-state index >= 15 is 0 Å². The van der Waals surface area contributed by atoms with Gasteiger partial charge in [-0.15, -0.1) is 0 Å². The first kappa shape index (κ1) is 21.2. The van der Waals surface area contributed by atoms with Crippen molar-refractivity contribution < 1.29 is 5.11 Å². The van der Waals surface area contributed by atoms with Crippen molar-refractivity contribution in [1.82, 2.24) is 0 Å². The highest BCUT2D eigenvalue weighted by Crippen LogP contribution is 2.68. The predicted molar refractivity (Wildman–Crippen MR) is 119 cm³/mol. The molecule has 0 aromatic heterocycles. The van der Waals surface area contributed by atoms with Gasteiger partial charge in [-0.1, -0.05) is 66.7 Å². The van der Waals surface area contributed by atoms with Gasteiger partial charge in [0.1, 0.15) is 0 Å². The minimum absolute atomic E-state index is 0.0420. The fraction of sp³-hybridized carbons (Fsp3) is 1.00. The lowest BCUT2D eigenvalue weighted by molar-refractivity contribution is -0.115. The molecular formula is C27H48O. The standard InChI is InChI=1S/C27H48O/c1-18(2)9-8-10-19(3)25-24(28)17-23-21-13-12-20-11-6-7-15-26(20,4)22(21)14-16-27(23,25)5/h18-25,28H,6-17H2,1-5H3/t19-,20-,21-,22+,23+,24+,25?,26+,27+/m1/s1. The summed E-state index contributed by atoms with van der Waals surface area (Å²) in [5.74, 6) is 5.69. The predicted octanol–water partition coefficient (Wildman–Crippen LogP) is 7.47. The van der Waals surface area contributed by atoms with Crippen molar-refractivity contribution in [2.45, 2.75) is 118 Å². The molecule has 0 aromatic carbocycles. The number of rotatable bonds is 5. The molecule has 1 heteroatoms. The van der Waals surface area contributed by atoms with Crippen molar-refractivity contribution in [3.8, 4) is 0 Å². The maximum Gasteiger partial charge on any atom is 0.0579 e. The smallest absolute Gasteiger partial charge is 0.0579 e. The van der Waals surface area contributed by atoms with Crippen molar-refractivity contribution in [3.05, 3.63) is 0 Å². The van der Waals surface area contributed by atoms with E-state index < -0.39 is 0 Å². The Morgan fingerprint density at radius 2 is 1.64 bits per heavy atom. The molecule has 0 aliphatic heterocycles. The zero-order valence-electron chi connectivity index (χ0n) is 19.6. The third-order valence-corrected chi connectivity index (χ3v) is 10.7. The molecule has 4 saturated carbocycles. The summed E-state index contributed by atoms with van der Waals surface area (Å²) in [6, 6.07) is 0. The number of hydrogen-bond donors (Lipinski definition) is 1. The zero-order chi connectivity index (χ0) is 20.1. The largest absolute Gasteiger partial charge is 0.393 e. The SMILES string of the molecule is CC(C)CCC[C@@H](C)C1[C@@H](O)C[C@H]2[C@@H]3CC[C@H]4CCCC[C@]4(C)[C@H]3CC[C@]12C. The van der Waals surface area contributed by atoms with E-state index in [0.29, 0.717) is 22.7 Å². The van der Waals surface area contributed by atoms with Crippen LogP contribution in [-0.4, -0.2) is 11.2 Å². The Bertz CT molecular complexity index is 540. The lowest BCUT2D eigenvalue weighted by Gasteiger charge is -2.60. The highest BCUT2D eigenvalue weighted by Gasteiger charge is 2.62. The second-order valence-electron chi connectivity index (χ2n) is 12.6. The molecule has 0 radical (unpaired) electrons. The Hall–Kier alpha value is -0.0400. The number of aliphatic hydroxyl groups is 1. The highest BCUT2D eigenvalue weighted by molar-refractivity contribution is 5.11. The molecule has 0 amide bonds. The fourth-order valence-corrected chi connectivity index (χ4v) is 9.40. The van der Waals surface area contributed by atoms with Crippen LogP contribution >= 0.6 is 0 Å².